The zero-order chi connectivity index (χ0) is 20.2. The second-order valence-corrected chi connectivity index (χ2v) is 7.28. The number of anilines is 4. The fourth-order valence-electron chi connectivity index (χ4n) is 3.51. The third-order valence-electron chi connectivity index (χ3n) is 5.11. The van der Waals surface area contributed by atoms with E-state index in [4.69, 9.17) is 0 Å². The SMILES string of the molecule is Cc1cc(C(=O)Nc2ccc(N3CCCC3)cc2)nc(N(C)c2ccccc2)n1. The van der Waals surface area contributed by atoms with E-state index in [0.717, 1.165) is 30.2 Å². The van der Waals surface area contributed by atoms with Crippen molar-refractivity contribution in [2.24, 2.45) is 0 Å². The minimum Gasteiger partial charge on any atom is -0.372 e. The number of para-hydroxylation sites is 1. The molecule has 1 aliphatic heterocycles. The van der Waals surface area contributed by atoms with Crippen LogP contribution < -0.4 is 15.1 Å². The molecule has 0 spiro atoms. The quantitative estimate of drug-likeness (QED) is 0.703. The summed E-state index contributed by atoms with van der Waals surface area (Å²) in [5, 5.41) is 2.94. The zero-order valence-electron chi connectivity index (χ0n) is 16.8. The molecule has 4 rings (SSSR count). The van der Waals surface area contributed by atoms with Gasteiger partial charge in [-0.3, -0.25) is 4.79 Å². The van der Waals surface area contributed by atoms with Crippen LogP contribution in [0.5, 0.6) is 0 Å². The predicted octanol–water partition coefficient (Wildman–Crippen LogP) is 4.41. The lowest BCUT2D eigenvalue weighted by atomic mass is 10.2. The Balaban J connectivity index is 1.50. The van der Waals surface area contributed by atoms with Gasteiger partial charge in [0.05, 0.1) is 0 Å². The summed E-state index contributed by atoms with van der Waals surface area (Å²) >= 11 is 0. The molecule has 2 aromatic carbocycles. The number of amides is 1. The summed E-state index contributed by atoms with van der Waals surface area (Å²) in [5.41, 5.74) is 4.01. The van der Waals surface area contributed by atoms with E-state index in [-0.39, 0.29) is 5.91 Å². The Kier molecular flexibility index (Phi) is 5.42. The van der Waals surface area contributed by atoms with Crippen LogP contribution in [0.15, 0.2) is 60.7 Å². The lowest BCUT2D eigenvalue weighted by molar-refractivity contribution is 0.102. The van der Waals surface area contributed by atoms with E-state index in [1.807, 2.05) is 61.3 Å². The van der Waals surface area contributed by atoms with Crippen molar-refractivity contribution in [2.75, 3.05) is 35.3 Å². The van der Waals surface area contributed by atoms with Gasteiger partial charge in [-0.2, -0.15) is 0 Å². The van der Waals surface area contributed by atoms with Crippen LogP contribution >= 0.6 is 0 Å². The molecule has 6 heteroatoms. The topological polar surface area (TPSA) is 61.4 Å². The molecule has 0 radical (unpaired) electrons. The van der Waals surface area contributed by atoms with Gasteiger partial charge in [0.2, 0.25) is 5.95 Å². The molecule has 0 bridgehead atoms. The van der Waals surface area contributed by atoms with Crippen molar-refractivity contribution in [1.82, 2.24) is 9.97 Å². The summed E-state index contributed by atoms with van der Waals surface area (Å²) < 4.78 is 0. The largest absolute Gasteiger partial charge is 0.372 e. The van der Waals surface area contributed by atoms with Gasteiger partial charge >= 0.3 is 0 Å². The van der Waals surface area contributed by atoms with E-state index >= 15 is 0 Å². The molecule has 0 atom stereocenters. The van der Waals surface area contributed by atoms with Crippen molar-refractivity contribution in [3.8, 4) is 0 Å². The second kappa shape index (κ2) is 8.31. The van der Waals surface area contributed by atoms with Crippen molar-refractivity contribution in [3.63, 3.8) is 0 Å². The van der Waals surface area contributed by atoms with E-state index in [1.54, 1.807) is 6.07 Å². The maximum atomic E-state index is 12.8. The number of aromatic nitrogens is 2. The number of carbonyl (C=O) groups excluding carboxylic acids is 1. The molecule has 0 unspecified atom stereocenters. The van der Waals surface area contributed by atoms with E-state index < -0.39 is 0 Å². The number of rotatable bonds is 5. The van der Waals surface area contributed by atoms with Crippen molar-refractivity contribution < 1.29 is 4.79 Å². The van der Waals surface area contributed by atoms with Crippen LogP contribution in [-0.2, 0) is 0 Å². The number of carbonyl (C=O) groups is 1. The molecule has 29 heavy (non-hydrogen) atoms. The Hall–Kier alpha value is -3.41. The van der Waals surface area contributed by atoms with Crippen LogP contribution in [0.1, 0.15) is 29.0 Å². The summed E-state index contributed by atoms with van der Waals surface area (Å²) in [6.45, 7) is 4.07. The van der Waals surface area contributed by atoms with Gasteiger partial charge in [-0.25, -0.2) is 9.97 Å². The smallest absolute Gasteiger partial charge is 0.274 e. The molecule has 1 aromatic heterocycles. The first-order valence-electron chi connectivity index (χ1n) is 9.91. The Labute approximate surface area is 171 Å². The number of nitrogens with zero attached hydrogens (tertiary/aromatic N) is 4. The van der Waals surface area contributed by atoms with Gasteiger partial charge in [-0.05, 0) is 62.2 Å². The predicted molar refractivity (Wildman–Crippen MR) is 117 cm³/mol. The van der Waals surface area contributed by atoms with Gasteiger partial charge in [-0.1, -0.05) is 18.2 Å². The monoisotopic (exact) mass is 387 g/mol. The molecular weight excluding hydrogens is 362 g/mol. The van der Waals surface area contributed by atoms with Crippen LogP contribution in [0.2, 0.25) is 0 Å². The first-order chi connectivity index (χ1) is 14.1. The van der Waals surface area contributed by atoms with Crippen molar-refractivity contribution in [2.45, 2.75) is 19.8 Å². The molecule has 3 aromatic rings. The van der Waals surface area contributed by atoms with Gasteiger partial charge < -0.3 is 15.1 Å². The molecule has 6 nitrogen and oxygen atoms in total. The lowest BCUT2D eigenvalue weighted by Crippen LogP contribution is -2.19. The van der Waals surface area contributed by atoms with E-state index in [0.29, 0.717) is 11.6 Å². The molecule has 148 valence electrons. The van der Waals surface area contributed by atoms with Crippen molar-refractivity contribution in [3.05, 3.63) is 72.1 Å². The van der Waals surface area contributed by atoms with Crippen LogP contribution in [0.3, 0.4) is 0 Å². The minimum atomic E-state index is -0.243. The fraction of sp³-hybridized carbons (Fsp3) is 0.261. The molecule has 2 heterocycles. The maximum Gasteiger partial charge on any atom is 0.274 e. The second-order valence-electron chi connectivity index (χ2n) is 7.28. The number of hydrogen-bond acceptors (Lipinski definition) is 5. The first kappa shape index (κ1) is 18.9. The van der Waals surface area contributed by atoms with Gasteiger partial charge in [0.1, 0.15) is 5.69 Å². The van der Waals surface area contributed by atoms with Gasteiger partial charge in [0, 0.05) is 42.9 Å². The van der Waals surface area contributed by atoms with Crippen molar-refractivity contribution >= 4 is 28.9 Å². The van der Waals surface area contributed by atoms with Crippen LogP contribution in [0.25, 0.3) is 0 Å². The molecule has 0 saturated carbocycles. The Morgan fingerprint density at radius 1 is 1.00 bits per heavy atom. The number of nitrogens with one attached hydrogen (secondary N) is 1. The zero-order valence-corrected chi connectivity index (χ0v) is 16.8. The molecule has 1 fully saturated rings. The molecule has 1 saturated heterocycles. The Morgan fingerprint density at radius 2 is 1.69 bits per heavy atom. The van der Waals surface area contributed by atoms with E-state index in [2.05, 4.69) is 32.3 Å². The van der Waals surface area contributed by atoms with Crippen molar-refractivity contribution in [1.29, 1.82) is 0 Å². The third-order valence-corrected chi connectivity index (χ3v) is 5.11. The number of benzene rings is 2. The van der Waals surface area contributed by atoms with Gasteiger partial charge in [-0.15, -0.1) is 0 Å². The third kappa shape index (κ3) is 4.37. The molecule has 0 aliphatic carbocycles. The Bertz CT molecular complexity index is 982. The summed E-state index contributed by atoms with van der Waals surface area (Å²) in [4.78, 5) is 26.0. The lowest BCUT2D eigenvalue weighted by Gasteiger charge is -2.18. The standard InChI is InChI=1S/C23H25N5O/c1-17-16-21(26-23(24-17)27(2)19-8-4-3-5-9-19)22(29)25-18-10-12-20(13-11-18)28-14-6-7-15-28/h3-5,8-13,16H,6-7,14-15H2,1-2H3,(H,25,29). The van der Waals surface area contributed by atoms with E-state index in [9.17, 15) is 4.79 Å². The Morgan fingerprint density at radius 3 is 2.38 bits per heavy atom. The summed E-state index contributed by atoms with van der Waals surface area (Å²) in [5.74, 6) is 0.248. The van der Waals surface area contributed by atoms with Crippen LogP contribution in [-0.4, -0.2) is 36.0 Å². The number of hydrogen-bond donors (Lipinski definition) is 1. The summed E-state index contributed by atoms with van der Waals surface area (Å²) in [7, 11) is 1.89. The summed E-state index contributed by atoms with van der Waals surface area (Å²) in [6, 6.07) is 19.5. The molecular formula is C23H25N5O. The van der Waals surface area contributed by atoms with E-state index in [1.165, 1.54) is 18.5 Å². The van der Waals surface area contributed by atoms with Crippen LogP contribution in [0.4, 0.5) is 23.0 Å². The van der Waals surface area contributed by atoms with Gasteiger partial charge in [0.15, 0.2) is 0 Å². The normalized spacial score (nSPS) is 13.4. The highest BCUT2D eigenvalue weighted by Crippen LogP contribution is 2.23. The molecule has 1 aliphatic rings. The molecule has 1 amide bonds. The average molecular weight is 387 g/mol. The van der Waals surface area contributed by atoms with Crippen LogP contribution in [0, 0.1) is 6.92 Å². The summed E-state index contributed by atoms with van der Waals surface area (Å²) in [6.07, 6.45) is 2.48. The molecule has 1 N–H and O–H groups in total. The fourth-order valence-corrected chi connectivity index (χ4v) is 3.51. The first-order valence-corrected chi connectivity index (χ1v) is 9.91. The highest BCUT2D eigenvalue weighted by Gasteiger charge is 2.15. The maximum absolute atomic E-state index is 12.8. The van der Waals surface area contributed by atoms with Gasteiger partial charge in [0.25, 0.3) is 5.91 Å². The number of aryl methyl sites for hydroxylation is 1. The highest BCUT2D eigenvalue weighted by molar-refractivity contribution is 6.03. The average Bonchev–Trinajstić information content (AvgIpc) is 3.29. The minimum absolute atomic E-state index is 0.243. The highest BCUT2D eigenvalue weighted by atomic mass is 16.1.